The fraction of sp³-hybridized carbons (Fsp3) is 0.667. The fourth-order valence-electron chi connectivity index (χ4n) is 2.13. The molecule has 1 aromatic rings. The highest BCUT2D eigenvalue weighted by Crippen LogP contribution is 2.39. The van der Waals surface area contributed by atoms with E-state index in [0.717, 1.165) is 4.43 Å². The van der Waals surface area contributed by atoms with Crippen molar-refractivity contribution in [2.24, 2.45) is 0 Å². The minimum Gasteiger partial charge on any atom is -0.0812 e. The van der Waals surface area contributed by atoms with Gasteiger partial charge in [0.05, 0.1) is 8.07 Å². The molecule has 0 aliphatic heterocycles. The second-order valence-corrected chi connectivity index (χ2v) is 15.1. The number of hydrogen-bond donors (Lipinski definition) is 0. The number of benzene rings is 1. The summed E-state index contributed by atoms with van der Waals surface area (Å²) >= 11 is 2.51. The maximum Gasteiger partial charge on any atom is 0.0571 e. The lowest BCUT2D eigenvalue weighted by Crippen LogP contribution is -2.40. The van der Waals surface area contributed by atoms with E-state index in [4.69, 9.17) is 0 Å². The van der Waals surface area contributed by atoms with Crippen LogP contribution in [0.2, 0.25) is 18.1 Å². The Morgan fingerprint density at radius 3 is 1.90 bits per heavy atom. The van der Waals surface area contributed by atoms with Crippen molar-refractivity contribution < 1.29 is 0 Å². The largest absolute Gasteiger partial charge is 0.0812 e. The van der Waals surface area contributed by atoms with Crippen LogP contribution < -0.4 is 0 Å². The van der Waals surface area contributed by atoms with E-state index in [1.165, 1.54) is 11.6 Å². The molecule has 1 rings (SSSR count). The van der Waals surface area contributed by atoms with Gasteiger partial charge >= 0.3 is 0 Å². The summed E-state index contributed by atoms with van der Waals surface area (Å²) < 4.78 is 1.12. The molecule has 1 aromatic carbocycles. The van der Waals surface area contributed by atoms with Gasteiger partial charge in [0.15, 0.2) is 0 Å². The van der Waals surface area contributed by atoms with Gasteiger partial charge in [-0.2, -0.15) is 0 Å². The zero-order valence-electron chi connectivity index (χ0n) is 14.5. The van der Waals surface area contributed by atoms with E-state index in [2.05, 4.69) is 95.4 Å². The Morgan fingerprint density at radius 1 is 0.950 bits per heavy atom. The molecule has 0 aliphatic carbocycles. The van der Waals surface area contributed by atoms with E-state index in [1.54, 1.807) is 11.1 Å². The Balaban J connectivity index is 3.15. The van der Waals surface area contributed by atoms with Crippen molar-refractivity contribution in [3.63, 3.8) is 0 Å². The van der Waals surface area contributed by atoms with Gasteiger partial charge in [-0.1, -0.05) is 95.4 Å². The predicted octanol–water partition coefficient (Wildman–Crippen LogP) is 6.51. The van der Waals surface area contributed by atoms with Gasteiger partial charge in [0.1, 0.15) is 0 Å². The maximum absolute atomic E-state index is 2.53. The Kier molecular flexibility index (Phi) is 5.57. The van der Waals surface area contributed by atoms with Crippen LogP contribution in [0.15, 0.2) is 18.2 Å². The molecule has 0 atom stereocenters. The van der Waals surface area contributed by atoms with Crippen LogP contribution >= 0.6 is 22.6 Å². The van der Waals surface area contributed by atoms with E-state index in [0.29, 0.717) is 5.04 Å². The molecule has 0 aliphatic rings. The quantitative estimate of drug-likeness (QED) is 0.307. The number of halogens is 1. The van der Waals surface area contributed by atoms with Crippen LogP contribution in [-0.4, -0.2) is 8.07 Å². The van der Waals surface area contributed by atoms with Crippen molar-refractivity contribution in [1.82, 2.24) is 0 Å². The van der Waals surface area contributed by atoms with Crippen molar-refractivity contribution in [2.75, 3.05) is 0 Å². The third-order valence-electron chi connectivity index (χ3n) is 4.88. The lowest BCUT2D eigenvalue weighted by atomic mass is 9.85. The number of hydrogen-bond acceptors (Lipinski definition) is 0. The molecule has 0 bridgehead atoms. The van der Waals surface area contributed by atoms with E-state index < -0.39 is 8.07 Å². The van der Waals surface area contributed by atoms with Crippen LogP contribution in [0, 0.1) is 0 Å². The summed E-state index contributed by atoms with van der Waals surface area (Å²) in [6, 6.07) is 8.47. The van der Waals surface area contributed by atoms with Crippen molar-refractivity contribution in [3.05, 3.63) is 34.9 Å². The monoisotopic (exact) mass is 402 g/mol. The highest BCUT2D eigenvalue weighted by molar-refractivity contribution is 14.1. The van der Waals surface area contributed by atoms with Crippen LogP contribution in [0.25, 0.3) is 0 Å². The third kappa shape index (κ3) is 4.33. The van der Waals surface area contributed by atoms with E-state index in [1.807, 2.05) is 0 Å². The van der Waals surface area contributed by atoms with Gasteiger partial charge in [-0.05, 0) is 33.2 Å². The molecule has 2 heteroatoms. The Morgan fingerprint density at radius 2 is 1.50 bits per heavy atom. The molecule has 0 heterocycles. The van der Waals surface area contributed by atoms with E-state index in [-0.39, 0.29) is 5.41 Å². The van der Waals surface area contributed by atoms with Crippen molar-refractivity contribution in [2.45, 2.75) is 75.6 Å². The van der Waals surface area contributed by atoms with Crippen LogP contribution in [0.5, 0.6) is 0 Å². The van der Waals surface area contributed by atoms with Gasteiger partial charge < -0.3 is 0 Å². The first kappa shape index (κ1) is 18.2. The lowest BCUT2D eigenvalue weighted by molar-refractivity contribution is 0.589. The highest BCUT2D eigenvalue weighted by atomic mass is 127. The molecule has 0 saturated heterocycles. The van der Waals surface area contributed by atoms with Gasteiger partial charge in [-0.15, -0.1) is 0 Å². The molecule has 0 saturated carbocycles. The molecular formula is C18H31ISi. The molecule has 0 amide bonds. The smallest absolute Gasteiger partial charge is 0.0571 e. The van der Waals surface area contributed by atoms with Crippen molar-refractivity contribution >= 4 is 30.7 Å². The van der Waals surface area contributed by atoms with Gasteiger partial charge in [0.2, 0.25) is 0 Å². The fourth-order valence-corrected chi connectivity index (χ4v) is 4.67. The Bertz CT molecular complexity index is 461. The second-order valence-electron chi connectivity index (χ2n) is 8.68. The molecular weight excluding hydrogens is 371 g/mol. The zero-order chi connectivity index (χ0) is 15.8. The molecule has 0 fully saturated rings. The summed E-state index contributed by atoms with van der Waals surface area (Å²) in [5, 5.41) is 0.457. The van der Waals surface area contributed by atoms with Crippen LogP contribution in [0.3, 0.4) is 0 Å². The van der Waals surface area contributed by atoms with Gasteiger partial charge in [0, 0.05) is 4.43 Å². The molecule has 0 N–H and O–H groups in total. The van der Waals surface area contributed by atoms with E-state index in [9.17, 15) is 0 Å². The zero-order valence-corrected chi connectivity index (χ0v) is 17.7. The summed E-state index contributed by atoms with van der Waals surface area (Å²) in [4.78, 5) is 0. The molecule has 114 valence electrons. The topological polar surface area (TPSA) is 0 Å². The summed E-state index contributed by atoms with van der Waals surface area (Å²) in [7, 11) is -1.26. The molecule has 20 heavy (non-hydrogen) atoms. The van der Waals surface area contributed by atoms with Gasteiger partial charge in [-0.3, -0.25) is 0 Å². The maximum atomic E-state index is 2.53. The SMILES string of the molecule is CC(C)(C)c1ccc(C[Si](C)(C)C(C)(C)C)c(CI)c1. The average Bonchev–Trinajstić information content (AvgIpc) is 2.26. The third-order valence-corrected chi connectivity index (χ3v) is 11.0. The van der Waals surface area contributed by atoms with Gasteiger partial charge in [-0.25, -0.2) is 0 Å². The van der Waals surface area contributed by atoms with Crippen molar-refractivity contribution in [1.29, 1.82) is 0 Å². The summed E-state index contributed by atoms with van der Waals surface area (Å²) in [6.45, 7) is 19.2. The average molecular weight is 402 g/mol. The lowest BCUT2D eigenvalue weighted by Gasteiger charge is -2.37. The highest BCUT2D eigenvalue weighted by Gasteiger charge is 2.35. The molecule has 0 radical (unpaired) electrons. The van der Waals surface area contributed by atoms with Crippen LogP contribution in [0.1, 0.15) is 58.2 Å². The van der Waals surface area contributed by atoms with Crippen LogP contribution in [0.4, 0.5) is 0 Å². The summed E-state index contributed by atoms with van der Waals surface area (Å²) in [5.74, 6) is 0. The Labute approximate surface area is 140 Å². The summed E-state index contributed by atoms with van der Waals surface area (Å²) in [6.07, 6.45) is 0. The first-order chi connectivity index (χ1) is 8.88. The van der Waals surface area contributed by atoms with E-state index >= 15 is 0 Å². The minimum atomic E-state index is -1.26. The van der Waals surface area contributed by atoms with Crippen molar-refractivity contribution in [3.8, 4) is 0 Å². The summed E-state index contributed by atoms with van der Waals surface area (Å²) in [5.41, 5.74) is 4.83. The molecule has 0 nitrogen and oxygen atoms in total. The number of alkyl halides is 1. The molecule has 0 aromatic heterocycles. The normalized spacial score (nSPS) is 13.7. The Hall–Kier alpha value is 0.167. The first-order valence-electron chi connectivity index (χ1n) is 7.57. The standard InChI is InChI=1S/C18H31ISi/c1-17(2,3)16-10-9-14(15(11-16)12-19)13-20(7,8)18(4,5)6/h9-11H,12-13H2,1-8H3. The van der Waals surface area contributed by atoms with Crippen LogP contribution in [-0.2, 0) is 15.9 Å². The first-order valence-corrected chi connectivity index (χ1v) is 12.3. The predicted molar refractivity (Wildman–Crippen MR) is 104 cm³/mol. The molecule has 0 spiro atoms. The second kappa shape index (κ2) is 6.11. The number of rotatable bonds is 3. The van der Waals surface area contributed by atoms with Gasteiger partial charge in [0.25, 0.3) is 0 Å². The minimum absolute atomic E-state index is 0.246. The molecule has 0 unspecified atom stereocenters.